The molecule has 0 N–H and O–H groups in total. The standard InChI is InChI=1S/C16H13BrN2O2.Na/c1-19(2)15-14-11-4-3-9(16(20)21)7-10(11)8-13(17)12(14)5-6-18-15;/h3-8H,1-2H3,(H,20,21);/q;+1/p-1. The first kappa shape index (κ1) is 17.2. The molecule has 1 heterocycles. The molecular formula is C16H12BrN2NaO2. The Hall–Kier alpha value is -1.14. The number of nitrogens with zero attached hydrogens (tertiary/aromatic N) is 2. The number of aromatic carboxylic acids is 1. The van der Waals surface area contributed by atoms with E-state index in [2.05, 4.69) is 20.9 Å². The molecule has 0 saturated carbocycles. The van der Waals surface area contributed by atoms with Crippen molar-refractivity contribution in [2.45, 2.75) is 0 Å². The average molecular weight is 367 g/mol. The van der Waals surface area contributed by atoms with Gasteiger partial charge in [-0.05, 0) is 34.5 Å². The van der Waals surface area contributed by atoms with Crippen LogP contribution >= 0.6 is 15.9 Å². The van der Waals surface area contributed by atoms with Crippen molar-refractivity contribution in [3.8, 4) is 0 Å². The van der Waals surface area contributed by atoms with E-state index in [0.29, 0.717) is 0 Å². The van der Waals surface area contributed by atoms with Gasteiger partial charge in [-0.3, -0.25) is 0 Å². The second-order valence-electron chi connectivity index (χ2n) is 5.03. The predicted molar refractivity (Wildman–Crippen MR) is 85.6 cm³/mol. The van der Waals surface area contributed by atoms with Gasteiger partial charge in [0.2, 0.25) is 0 Å². The summed E-state index contributed by atoms with van der Waals surface area (Å²) in [6, 6.07) is 8.87. The maximum absolute atomic E-state index is 11.0. The molecule has 106 valence electrons. The van der Waals surface area contributed by atoms with Crippen molar-refractivity contribution in [2.75, 3.05) is 19.0 Å². The molecule has 3 rings (SSSR count). The molecule has 4 nitrogen and oxygen atoms in total. The molecule has 0 radical (unpaired) electrons. The number of aromatic nitrogens is 1. The van der Waals surface area contributed by atoms with Gasteiger partial charge in [-0.25, -0.2) is 4.98 Å². The number of halogens is 1. The van der Waals surface area contributed by atoms with Crippen LogP contribution in [0.1, 0.15) is 10.4 Å². The van der Waals surface area contributed by atoms with Crippen LogP contribution in [-0.4, -0.2) is 25.0 Å². The molecule has 0 aliphatic rings. The first-order valence-corrected chi connectivity index (χ1v) is 7.18. The summed E-state index contributed by atoms with van der Waals surface area (Å²) in [7, 11) is 3.87. The van der Waals surface area contributed by atoms with Crippen LogP contribution in [0.4, 0.5) is 5.82 Å². The number of carboxylic acid groups (broad SMARTS) is 1. The summed E-state index contributed by atoms with van der Waals surface area (Å²) in [5, 5.41) is 14.9. The van der Waals surface area contributed by atoms with Crippen LogP contribution in [0.2, 0.25) is 0 Å². The third kappa shape index (κ3) is 2.86. The molecule has 0 amide bonds. The fraction of sp³-hybridized carbons (Fsp3) is 0.125. The Morgan fingerprint density at radius 3 is 2.55 bits per heavy atom. The zero-order valence-corrected chi connectivity index (χ0v) is 16.1. The molecule has 0 spiro atoms. The third-order valence-electron chi connectivity index (χ3n) is 3.45. The van der Waals surface area contributed by atoms with Crippen molar-refractivity contribution in [1.82, 2.24) is 4.98 Å². The molecule has 6 heteroatoms. The monoisotopic (exact) mass is 366 g/mol. The maximum Gasteiger partial charge on any atom is 1.00 e. The van der Waals surface area contributed by atoms with Crippen molar-refractivity contribution < 1.29 is 39.5 Å². The Morgan fingerprint density at radius 2 is 1.91 bits per heavy atom. The van der Waals surface area contributed by atoms with E-state index in [1.54, 1.807) is 18.3 Å². The summed E-state index contributed by atoms with van der Waals surface area (Å²) in [5.74, 6) is -0.327. The summed E-state index contributed by atoms with van der Waals surface area (Å²) < 4.78 is 0.908. The molecule has 22 heavy (non-hydrogen) atoms. The molecule has 2 aromatic carbocycles. The molecule has 0 aliphatic heterocycles. The number of carbonyl (C=O) groups is 1. The Balaban J connectivity index is 0.00000176. The van der Waals surface area contributed by atoms with Gasteiger partial charge < -0.3 is 14.8 Å². The van der Waals surface area contributed by atoms with E-state index in [1.807, 2.05) is 37.2 Å². The van der Waals surface area contributed by atoms with Crippen LogP contribution in [0.5, 0.6) is 0 Å². The van der Waals surface area contributed by atoms with Crippen molar-refractivity contribution in [2.24, 2.45) is 0 Å². The minimum Gasteiger partial charge on any atom is -0.545 e. The predicted octanol–water partition coefficient (Wildman–Crippen LogP) is -0.416. The SMILES string of the molecule is CN(C)c1nccc2c(Br)cc3cc(C(=O)[O-])ccc3c12.[Na+]. The van der Waals surface area contributed by atoms with Crippen LogP contribution in [0, 0.1) is 0 Å². The molecule has 0 bridgehead atoms. The quantitative estimate of drug-likeness (QED) is 0.456. The van der Waals surface area contributed by atoms with Crippen LogP contribution < -0.4 is 39.6 Å². The van der Waals surface area contributed by atoms with Crippen molar-refractivity contribution in [1.29, 1.82) is 0 Å². The second-order valence-corrected chi connectivity index (χ2v) is 5.89. The minimum atomic E-state index is -1.17. The summed E-state index contributed by atoms with van der Waals surface area (Å²) in [5.41, 5.74) is 0.170. The van der Waals surface area contributed by atoms with Gasteiger partial charge in [-0.15, -0.1) is 0 Å². The molecular weight excluding hydrogens is 355 g/mol. The van der Waals surface area contributed by atoms with Gasteiger partial charge >= 0.3 is 29.6 Å². The topological polar surface area (TPSA) is 56.3 Å². The van der Waals surface area contributed by atoms with E-state index in [9.17, 15) is 9.90 Å². The third-order valence-corrected chi connectivity index (χ3v) is 4.11. The van der Waals surface area contributed by atoms with Crippen molar-refractivity contribution in [3.63, 3.8) is 0 Å². The fourth-order valence-electron chi connectivity index (χ4n) is 2.51. The first-order chi connectivity index (χ1) is 9.99. The van der Waals surface area contributed by atoms with Crippen LogP contribution in [0.3, 0.4) is 0 Å². The van der Waals surface area contributed by atoms with Crippen molar-refractivity contribution in [3.05, 3.63) is 46.6 Å². The van der Waals surface area contributed by atoms with E-state index in [0.717, 1.165) is 31.8 Å². The van der Waals surface area contributed by atoms with Gasteiger partial charge in [0.25, 0.3) is 0 Å². The van der Waals surface area contributed by atoms with E-state index in [1.165, 1.54) is 0 Å². The zero-order chi connectivity index (χ0) is 15.1. The number of hydrogen-bond acceptors (Lipinski definition) is 4. The number of hydrogen-bond donors (Lipinski definition) is 0. The number of anilines is 1. The molecule has 1 aromatic heterocycles. The van der Waals surface area contributed by atoms with Crippen LogP contribution in [0.25, 0.3) is 21.5 Å². The Morgan fingerprint density at radius 1 is 1.18 bits per heavy atom. The summed E-state index contributed by atoms with van der Waals surface area (Å²) >= 11 is 3.55. The van der Waals surface area contributed by atoms with Gasteiger partial charge in [0.15, 0.2) is 0 Å². The summed E-state index contributed by atoms with van der Waals surface area (Å²) in [4.78, 5) is 17.4. The second kappa shape index (κ2) is 6.54. The normalized spacial score (nSPS) is 10.5. The maximum atomic E-state index is 11.0. The van der Waals surface area contributed by atoms with Gasteiger partial charge in [0.1, 0.15) is 5.82 Å². The van der Waals surface area contributed by atoms with Gasteiger partial charge in [0, 0.05) is 35.5 Å². The molecule has 0 fully saturated rings. The summed E-state index contributed by atoms with van der Waals surface area (Å²) in [6.45, 7) is 0. The summed E-state index contributed by atoms with van der Waals surface area (Å²) in [6.07, 6.45) is 1.77. The van der Waals surface area contributed by atoms with Crippen LogP contribution in [-0.2, 0) is 0 Å². The molecule has 0 aliphatic carbocycles. The number of carbonyl (C=O) groups excluding carboxylic acids is 1. The van der Waals surface area contributed by atoms with Crippen molar-refractivity contribution >= 4 is 49.3 Å². The molecule has 3 aromatic rings. The number of carboxylic acids is 1. The number of rotatable bonds is 2. The number of benzene rings is 2. The number of pyridine rings is 1. The zero-order valence-electron chi connectivity index (χ0n) is 12.6. The Labute approximate surface area is 158 Å². The number of fused-ring (bicyclic) bond motifs is 3. The van der Waals surface area contributed by atoms with Gasteiger partial charge in [0.05, 0.1) is 5.97 Å². The van der Waals surface area contributed by atoms with E-state index < -0.39 is 5.97 Å². The fourth-order valence-corrected chi connectivity index (χ4v) is 3.08. The molecule has 0 unspecified atom stereocenters. The largest absolute Gasteiger partial charge is 1.00 e. The smallest absolute Gasteiger partial charge is 0.545 e. The average Bonchev–Trinajstić information content (AvgIpc) is 2.46. The molecule has 0 saturated heterocycles. The Kier molecular flexibility index (Phi) is 5.12. The van der Waals surface area contributed by atoms with E-state index in [-0.39, 0.29) is 35.1 Å². The van der Waals surface area contributed by atoms with Crippen LogP contribution in [0.15, 0.2) is 41.0 Å². The van der Waals surface area contributed by atoms with Gasteiger partial charge in [-0.2, -0.15) is 0 Å². The van der Waals surface area contributed by atoms with Gasteiger partial charge in [-0.1, -0.05) is 28.1 Å². The van der Waals surface area contributed by atoms with E-state index >= 15 is 0 Å². The minimum absolute atomic E-state index is 0. The van der Waals surface area contributed by atoms with E-state index in [4.69, 9.17) is 0 Å². The molecule has 0 atom stereocenters. The first-order valence-electron chi connectivity index (χ1n) is 6.38. The Bertz CT molecular complexity index is 881.